The van der Waals surface area contributed by atoms with Crippen molar-refractivity contribution in [2.75, 3.05) is 0 Å². The fourth-order valence-corrected chi connectivity index (χ4v) is 1.15. The molecule has 1 aromatic rings. The standard InChI is InChI=1S/C11H11FO2/c1-2-9(11(13)14)7-8-3-5-10(12)6-4-8/h2-6,9H,1,7H2,(H,13,14). The molecule has 1 atom stereocenters. The van der Waals surface area contributed by atoms with Crippen LogP contribution in [0, 0.1) is 11.7 Å². The molecule has 0 spiro atoms. The maximum Gasteiger partial charge on any atom is 0.310 e. The van der Waals surface area contributed by atoms with Gasteiger partial charge in [-0.3, -0.25) is 4.79 Å². The van der Waals surface area contributed by atoms with Gasteiger partial charge >= 0.3 is 5.97 Å². The average Bonchev–Trinajstić information content (AvgIpc) is 2.16. The second kappa shape index (κ2) is 4.56. The van der Waals surface area contributed by atoms with E-state index >= 15 is 0 Å². The van der Waals surface area contributed by atoms with Crippen LogP contribution in [0.2, 0.25) is 0 Å². The number of carboxylic acids is 1. The van der Waals surface area contributed by atoms with Gasteiger partial charge in [0.15, 0.2) is 0 Å². The van der Waals surface area contributed by atoms with Crippen LogP contribution in [-0.4, -0.2) is 11.1 Å². The summed E-state index contributed by atoms with van der Waals surface area (Å²) in [4.78, 5) is 10.7. The minimum atomic E-state index is -0.913. The van der Waals surface area contributed by atoms with E-state index in [0.29, 0.717) is 6.42 Å². The zero-order valence-corrected chi connectivity index (χ0v) is 7.61. The molecule has 0 aliphatic heterocycles. The van der Waals surface area contributed by atoms with Gasteiger partial charge in [0.25, 0.3) is 0 Å². The molecule has 74 valence electrons. The highest BCUT2D eigenvalue weighted by atomic mass is 19.1. The van der Waals surface area contributed by atoms with E-state index in [0.717, 1.165) is 5.56 Å². The second-order valence-corrected chi connectivity index (χ2v) is 3.01. The molecular weight excluding hydrogens is 183 g/mol. The smallest absolute Gasteiger partial charge is 0.310 e. The third-order valence-electron chi connectivity index (χ3n) is 1.97. The fraction of sp³-hybridized carbons (Fsp3) is 0.182. The molecular formula is C11H11FO2. The third-order valence-corrected chi connectivity index (χ3v) is 1.97. The quantitative estimate of drug-likeness (QED) is 0.746. The molecule has 0 saturated heterocycles. The number of halogens is 1. The summed E-state index contributed by atoms with van der Waals surface area (Å²) in [7, 11) is 0. The highest BCUT2D eigenvalue weighted by Crippen LogP contribution is 2.10. The Bertz CT molecular complexity index is 330. The number of carboxylic acid groups (broad SMARTS) is 1. The summed E-state index contributed by atoms with van der Waals surface area (Å²) in [5.41, 5.74) is 0.790. The largest absolute Gasteiger partial charge is 0.481 e. The van der Waals surface area contributed by atoms with Gasteiger partial charge in [-0.05, 0) is 24.1 Å². The summed E-state index contributed by atoms with van der Waals surface area (Å²) in [6.45, 7) is 3.44. The Morgan fingerprint density at radius 1 is 1.50 bits per heavy atom. The summed E-state index contributed by atoms with van der Waals surface area (Å²) in [6.07, 6.45) is 1.73. The Hall–Kier alpha value is -1.64. The van der Waals surface area contributed by atoms with Crippen LogP contribution in [-0.2, 0) is 11.2 Å². The number of carbonyl (C=O) groups is 1. The van der Waals surface area contributed by atoms with Gasteiger partial charge in [-0.15, -0.1) is 6.58 Å². The van der Waals surface area contributed by atoms with Crippen molar-refractivity contribution in [3.05, 3.63) is 48.3 Å². The Morgan fingerprint density at radius 2 is 2.07 bits per heavy atom. The van der Waals surface area contributed by atoms with E-state index in [2.05, 4.69) is 6.58 Å². The highest BCUT2D eigenvalue weighted by molar-refractivity contribution is 5.72. The van der Waals surface area contributed by atoms with Crippen LogP contribution in [0.4, 0.5) is 4.39 Å². The lowest BCUT2D eigenvalue weighted by Crippen LogP contribution is -2.13. The highest BCUT2D eigenvalue weighted by Gasteiger charge is 2.13. The van der Waals surface area contributed by atoms with Crippen molar-refractivity contribution < 1.29 is 14.3 Å². The van der Waals surface area contributed by atoms with Crippen LogP contribution in [0.15, 0.2) is 36.9 Å². The molecule has 0 aliphatic carbocycles. The van der Waals surface area contributed by atoms with E-state index in [1.165, 1.54) is 18.2 Å². The van der Waals surface area contributed by atoms with Crippen molar-refractivity contribution in [1.29, 1.82) is 0 Å². The maximum atomic E-state index is 12.5. The lowest BCUT2D eigenvalue weighted by atomic mass is 10.00. The lowest BCUT2D eigenvalue weighted by Gasteiger charge is -2.06. The molecule has 0 fully saturated rings. The molecule has 0 aliphatic rings. The zero-order chi connectivity index (χ0) is 10.6. The fourth-order valence-electron chi connectivity index (χ4n) is 1.15. The Balaban J connectivity index is 2.72. The molecule has 0 amide bonds. The maximum absolute atomic E-state index is 12.5. The lowest BCUT2D eigenvalue weighted by molar-refractivity contribution is -0.140. The summed E-state index contributed by atoms with van der Waals surface area (Å²) in [5.74, 6) is -1.84. The topological polar surface area (TPSA) is 37.3 Å². The van der Waals surface area contributed by atoms with Gasteiger partial charge in [0.1, 0.15) is 5.82 Å². The second-order valence-electron chi connectivity index (χ2n) is 3.01. The Kier molecular flexibility index (Phi) is 3.40. The molecule has 0 radical (unpaired) electrons. The molecule has 1 aromatic carbocycles. The summed E-state index contributed by atoms with van der Waals surface area (Å²) in [5, 5.41) is 8.74. The van der Waals surface area contributed by atoms with E-state index in [1.54, 1.807) is 12.1 Å². The predicted octanol–water partition coefficient (Wildman–Crippen LogP) is 2.25. The normalized spacial score (nSPS) is 12.1. The first-order valence-corrected chi connectivity index (χ1v) is 4.23. The van der Waals surface area contributed by atoms with Crippen molar-refractivity contribution in [2.24, 2.45) is 5.92 Å². The van der Waals surface area contributed by atoms with Crippen LogP contribution in [0.1, 0.15) is 5.56 Å². The van der Waals surface area contributed by atoms with Crippen LogP contribution >= 0.6 is 0 Å². The molecule has 1 unspecified atom stereocenters. The molecule has 14 heavy (non-hydrogen) atoms. The van der Waals surface area contributed by atoms with Crippen LogP contribution < -0.4 is 0 Å². The minimum Gasteiger partial charge on any atom is -0.481 e. The number of rotatable bonds is 4. The average molecular weight is 194 g/mol. The van der Waals surface area contributed by atoms with Crippen LogP contribution in [0.25, 0.3) is 0 Å². The third kappa shape index (κ3) is 2.69. The van der Waals surface area contributed by atoms with Gasteiger partial charge in [-0.2, -0.15) is 0 Å². The molecule has 3 heteroatoms. The van der Waals surface area contributed by atoms with E-state index in [-0.39, 0.29) is 5.82 Å². The van der Waals surface area contributed by atoms with Crippen LogP contribution in [0.3, 0.4) is 0 Å². The van der Waals surface area contributed by atoms with E-state index in [1.807, 2.05) is 0 Å². The number of hydrogen-bond acceptors (Lipinski definition) is 1. The number of benzene rings is 1. The molecule has 0 saturated carbocycles. The van der Waals surface area contributed by atoms with E-state index in [4.69, 9.17) is 5.11 Å². The van der Waals surface area contributed by atoms with Crippen molar-refractivity contribution in [2.45, 2.75) is 6.42 Å². The van der Waals surface area contributed by atoms with Crippen molar-refractivity contribution in [1.82, 2.24) is 0 Å². The predicted molar refractivity (Wildman–Crippen MR) is 51.4 cm³/mol. The molecule has 1 N–H and O–H groups in total. The van der Waals surface area contributed by atoms with Gasteiger partial charge in [0.05, 0.1) is 5.92 Å². The molecule has 1 rings (SSSR count). The minimum absolute atomic E-state index is 0.320. The Labute approximate surface area is 81.7 Å². The van der Waals surface area contributed by atoms with Gasteiger partial charge in [-0.1, -0.05) is 18.2 Å². The molecule has 0 aromatic heterocycles. The van der Waals surface area contributed by atoms with Crippen molar-refractivity contribution >= 4 is 5.97 Å². The summed E-state index contributed by atoms with van der Waals surface area (Å²) >= 11 is 0. The Morgan fingerprint density at radius 3 is 2.50 bits per heavy atom. The number of hydrogen-bond donors (Lipinski definition) is 1. The van der Waals surface area contributed by atoms with Gasteiger partial charge in [-0.25, -0.2) is 4.39 Å². The van der Waals surface area contributed by atoms with Gasteiger partial charge in [0, 0.05) is 0 Å². The van der Waals surface area contributed by atoms with Crippen LogP contribution in [0.5, 0.6) is 0 Å². The molecule has 0 bridgehead atoms. The molecule has 2 nitrogen and oxygen atoms in total. The summed E-state index contributed by atoms with van der Waals surface area (Å²) < 4.78 is 12.5. The van der Waals surface area contributed by atoms with E-state index in [9.17, 15) is 9.18 Å². The zero-order valence-electron chi connectivity index (χ0n) is 7.61. The number of aliphatic carboxylic acids is 1. The first-order chi connectivity index (χ1) is 6.63. The van der Waals surface area contributed by atoms with Gasteiger partial charge in [0.2, 0.25) is 0 Å². The SMILES string of the molecule is C=CC(Cc1ccc(F)cc1)C(=O)O. The van der Waals surface area contributed by atoms with Crippen molar-refractivity contribution in [3.63, 3.8) is 0 Å². The van der Waals surface area contributed by atoms with Crippen molar-refractivity contribution in [3.8, 4) is 0 Å². The van der Waals surface area contributed by atoms with Gasteiger partial charge < -0.3 is 5.11 Å². The van der Waals surface area contributed by atoms with E-state index < -0.39 is 11.9 Å². The first-order valence-electron chi connectivity index (χ1n) is 4.23. The monoisotopic (exact) mass is 194 g/mol. The molecule has 0 heterocycles. The first kappa shape index (κ1) is 10.4. The summed E-state index contributed by atoms with van der Waals surface area (Å²) in [6, 6.07) is 5.79.